The van der Waals surface area contributed by atoms with Crippen LogP contribution in [0.3, 0.4) is 0 Å². The molecule has 2 aliphatic carbocycles. The summed E-state index contributed by atoms with van der Waals surface area (Å²) in [5.74, 6) is 0.768. The number of carboxylic acids is 1. The molecule has 3 rings (SSSR count). The van der Waals surface area contributed by atoms with Gasteiger partial charge in [0.2, 0.25) is 0 Å². The molecule has 1 aromatic rings. The Morgan fingerprint density at radius 1 is 1.25 bits per heavy atom. The first-order valence-corrected chi connectivity index (χ1v) is 10.8. The Kier molecular flexibility index (Phi) is 7.36. The van der Waals surface area contributed by atoms with Gasteiger partial charge in [-0.3, -0.25) is 0 Å². The van der Waals surface area contributed by atoms with E-state index < -0.39 is 5.97 Å². The number of benzene rings is 1. The van der Waals surface area contributed by atoms with Crippen molar-refractivity contribution in [3.8, 4) is 5.75 Å². The van der Waals surface area contributed by atoms with Crippen LogP contribution in [0.5, 0.6) is 5.75 Å². The van der Waals surface area contributed by atoms with Gasteiger partial charge in [0.15, 0.2) is 6.61 Å². The van der Waals surface area contributed by atoms with E-state index in [2.05, 4.69) is 13.0 Å². The molecular formula is C23H34O5. The molecule has 1 fully saturated rings. The Labute approximate surface area is 167 Å². The number of aliphatic hydroxyl groups excluding tert-OH is 2. The van der Waals surface area contributed by atoms with Crippen molar-refractivity contribution in [2.24, 2.45) is 17.8 Å². The molecule has 0 heterocycles. The molecule has 5 atom stereocenters. The summed E-state index contributed by atoms with van der Waals surface area (Å²) in [4.78, 5) is 10.8. The third-order valence-corrected chi connectivity index (χ3v) is 6.67. The lowest BCUT2D eigenvalue weighted by Crippen LogP contribution is -2.28. The van der Waals surface area contributed by atoms with Crippen LogP contribution in [0.4, 0.5) is 0 Å². The summed E-state index contributed by atoms with van der Waals surface area (Å²) in [5.41, 5.74) is 2.32. The van der Waals surface area contributed by atoms with E-state index in [0.717, 1.165) is 63.4 Å². The summed E-state index contributed by atoms with van der Waals surface area (Å²) in [6, 6.07) is 5.87. The van der Waals surface area contributed by atoms with Crippen molar-refractivity contribution in [2.75, 3.05) is 6.61 Å². The number of fused-ring (bicyclic) bond motifs is 2. The summed E-state index contributed by atoms with van der Waals surface area (Å²) in [7, 11) is 0. The minimum atomic E-state index is -0.972. The lowest BCUT2D eigenvalue weighted by molar-refractivity contribution is -0.139. The van der Waals surface area contributed by atoms with E-state index in [1.807, 2.05) is 12.1 Å². The number of carbonyl (C=O) groups is 1. The molecule has 1 saturated carbocycles. The van der Waals surface area contributed by atoms with Gasteiger partial charge in [-0.1, -0.05) is 38.3 Å². The maximum absolute atomic E-state index is 10.8. The quantitative estimate of drug-likeness (QED) is 0.532. The van der Waals surface area contributed by atoms with Gasteiger partial charge in [0.05, 0.1) is 12.2 Å². The predicted molar refractivity (Wildman–Crippen MR) is 107 cm³/mol. The average molecular weight is 391 g/mol. The molecule has 0 aromatic heterocycles. The van der Waals surface area contributed by atoms with Gasteiger partial charge in [-0.25, -0.2) is 4.79 Å². The van der Waals surface area contributed by atoms with Crippen LogP contribution in [-0.2, 0) is 17.6 Å². The molecular weight excluding hydrogens is 356 g/mol. The summed E-state index contributed by atoms with van der Waals surface area (Å²) in [6.07, 6.45) is 7.85. The molecule has 2 unspecified atom stereocenters. The molecule has 2 aliphatic rings. The zero-order valence-corrected chi connectivity index (χ0v) is 16.8. The number of rotatable bonds is 10. The zero-order chi connectivity index (χ0) is 20.1. The maximum Gasteiger partial charge on any atom is 0.341 e. The molecule has 0 radical (unpaired) electrons. The van der Waals surface area contributed by atoms with E-state index in [1.54, 1.807) is 0 Å². The Bertz CT molecular complexity index is 658. The molecule has 5 nitrogen and oxygen atoms in total. The Hall–Kier alpha value is -1.59. The topological polar surface area (TPSA) is 87.0 Å². The second-order valence-electron chi connectivity index (χ2n) is 8.60. The molecule has 5 heteroatoms. The highest BCUT2D eigenvalue weighted by molar-refractivity contribution is 5.68. The van der Waals surface area contributed by atoms with Crippen LogP contribution in [0.25, 0.3) is 0 Å². The van der Waals surface area contributed by atoms with E-state index in [-0.39, 0.29) is 24.7 Å². The van der Waals surface area contributed by atoms with Crippen molar-refractivity contribution < 1.29 is 24.9 Å². The van der Waals surface area contributed by atoms with Gasteiger partial charge >= 0.3 is 5.97 Å². The van der Waals surface area contributed by atoms with Gasteiger partial charge in [-0.15, -0.1) is 0 Å². The van der Waals surface area contributed by atoms with Crippen molar-refractivity contribution in [3.05, 3.63) is 29.3 Å². The van der Waals surface area contributed by atoms with Crippen LogP contribution < -0.4 is 4.74 Å². The van der Waals surface area contributed by atoms with Gasteiger partial charge in [0.25, 0.3) is 0 Å². The standard InChI is InChI=1S/C23H34O5/c1-2-3-4-7-17(24)9-10-18-19-11-15-6-5-8-22(28-14-23(26)27)20(15)12-16(19)13-21(18)25/h5-6,8,16-19,21,24-25H,2-4,7,9-14H2,1H3,(H,26,27)/t16?,17-,18?,19+,21-/m1/s1. The lowest BCUT2D eigenvalue weighted by atomic mass is 9.73. The van der Waals surface area contributed by atoms with Crippen LogP contribution in [0.2, 0.25) is 0 Å². The van der Waals surface area contributed by atoms with Crippen molar-refractivity contribution >= 4 is 5.97 Å². The van der Waals surface area contributed by atoms with Gasteiger partial charge < -0.3 is 20.1 Å². The molecule has 0 bridgehead atoms. The first-order chi connectivity index (χ1) is 13.5. The molecule has 156 valence electrons. The summed E-state index contributed by atoms with van der Waals surface area (Å²) < 4.78 is 5.50. The van der Waals surface area contributed by atoms with Gasteiger partial charge in [0, 0.05) is 0 Å². The SMILES string of the molecule is CCCCC[C@@H](O)CCC1[C@H]2Cc3cccc(OCC(=O)O)c3CC2C[C@H]1O. The van der Waals surface area contributed by atoms with Crippen molar-refractivity contribution in [1.82, 2.24) is 0 Å². The molecule has 1 aromatic carbocycles. The van der Waals surface area contributed by atoms with Crippen LogP contribution >= 0.6 is 0 Å². The fourth-order valence-corrected chi connectivity index (χ4v) is 5.24. The smallest absolute Gasteiger partial charge is 0.341 e. The Balaban J connectivity index is 1.62. The second kappa shape index (κ2) is 9.75. The van der Waals surface area contributed by atoms with Crippen LogP contribution in [0.15, 0.2) is 18.2 Å². The van der Waals surface area contributed by atoms with E-state index in [1.165, 1.54) is 5.56 Å². The molecule has 0 spiro atoms. The number of hydrogen-bond donors (Lipinski definition) is 3. The maximum atomic E-state index is 10.8. The van der Waals surface area contributed by atoms with Crippen molar-refractivity contribution in [2.45, 2.75) is 76.9 Å². The van der Waals surface area contributed by atoms with E-state index in [0.29, 0.717) is 17.6 Å². The third-order valence-electron chi connectivity index (χ3n) is 6.67. The first kappa shape index (κ1) is 21.1. The van der Waals surface area contributed by atoms with E-state index in [4.69, 9.17) is 9.84 Å². The zero-order valence-electron chi connectivity index (χ0n) is 16.8. The molecule has 0 amide bonds. The predicted octanol–water partition coefficient (Wildman–Crippen LogP) is 3.58. The second-order valence-corrected chi connectivity index (χ2v) is 8.60. The van der Waals surface area contributed by atoms with Crippen molar-refractivity contribution in [1.29, 1.82) is 0 Å². The van der Waals surface area contributed by atoms with Gasteiger partial charge in [0.1, 0.15) is 5.75 Å². The average Bonchev–Trinajstić information content (AvgIpc) is 2.97. The van der Waals surface area contributed by atoms with Crippen LogP contribution in [0.1, 0.15) is 63.0 Å². The largest absolute Gasteiger partial charge is 0.482 e. The number of ether oxygens (including phenoxy) is 1. The Morgan fingerprint density at radius 2 is 2.07 bits per heavy atom. The molecule has 0 aliphatic heterocycles. The number of aliphatic carboxylic acids is 1. The monoisotopic (exact) mass is 390 g/mol. The van der Waals surface area contributed by atoms with Crippen LogP contribution in [0, 0.1) is 17.8 Å². The fourth-order valence-electron chi connectivity index (χ4n) is 5.24. The molecule has 0 saturated heterocycles. The highest BCUT2D eigenvalue weighted by Crippen LogP contribution is 2.48. The van der Waals surface area contributed by atoms with Gasteiger partial charge in [-0.2, -0.15) is 0 Å². The van der Waals surface area contributed by atoms with Crippen LogP contribution in [-0.4, -0.2) is 40.1 Å². The number of aliphatic hydroxyl groups is 2. The minimum absolute atomic E-state index is 0.238. The normalized spacial score (nSPS) is 27.1. The first-order valence-electron chi connectivity index (χ1n) is 10.8. The summed E-state index contributed by atoms with van der Waals surface area (Å²) in [5, 5.41) is 29.8. The highest BCUT2D eigenvalue weighted by Gasteiger charge is 2.44. The lowest BCUT2D eigenvalue weighted by Gasteiger charge is -2.32. The highest BCUT2D eigenvalue weighted by atomic mass is 16.5. The number of unbranched alkanes of at least 4 members (excludes halogenated alkanes) is 2. The minimum Gasteiger partial charge on any atom is -0.482 e. The van der Waals surface area contributed by atoms with Gasteiger partial charge in [-0.05, 0) is 73.5 Å². The molecule has 28 heavy (non-hydrogen) atoms. The summed E-state index contributed by atoms with van der Waals surface area (Å²) in [6.45, 7) is 1.84. The summed E-state index contributed by atoms with van der Waals surface area (Å²) >= 11 is 0. The fraction of sp³-hybridized carbons (Fsp3) is 0.696. The molecule has 3 N–H and O–H groups in total. The van der Waals surface area contributed by atoms with E-state index >= 15 is 0 Å². The Morgan fingerprint density at radius 3 is 2.82 bits per heavy atom. The third kappa shape index (κ3) is 5.06. The number of carboxylic acid groups (broad SMARTS) is 1. The van der Waals surface area contributed by atoms with E-state index in [9.17, 15) is 15.0 Å². The number of hydrogen-bond acceptors (Lipinski definition) is 4. The van der Waals surface area contributed by atoms with Crippen molar-refractivity contribution in [3.63, 3.8) is 0 Å².